The highest BCUT2D eigenvalue weighted by Gasteiger charge is 2.34. The summed E-state index contributed by atoms with van der Waals surface area (Å²) in [6.07, 6.45) is 7.06. The number of anilines is 1. The summed E-state index contributed by atoms with van der Waals surface area (Å²) in [5, 5.41) is 3.50. The van der Waals surface area contributed by atoms with Gasteiger partial charge in [0.05, 0.1) is 18.8 Å². The van der Waals surface area contributed by atoms with Crippen LogP contribution in [0.1, 0.15) is 65.1 Å². The van der Waals surface area contributed by atoms with Gasteiger partial charge in [0.25, 0.3) is 11.5 Å². The van der Waals surface area contributed by atoms with E-state index in [4.69, 9.17) is 9.47 Å². The molecule has 0 unspecified atom stereocenters. The van der Waals surface area contributed by atoms with Gasteiger partial charge in [0.1, 0.15) is 28.6 Å². The largest absolute Gasteiger partial charge is 0.497 e. The number of hydrogen-bond acceptors (Lipinski definition) is 7. The number of carbonyl (C=O) groups is 2. The normalized spacial score (nSPS) is 15.5. The number of aromatic nitrogens is 3. The van der Waals surface area contributed by atoms with Crippen LogP contribution in [0.5, 0.6) is 17.2 Å². The van der Waals surface area contributed by atoms with Gasteiger partial charge in [-0.05, 0) is 81.0 Å². The molecule has 39 heavy (non-hydrogen) atoms. The fourth-order valence-corrected chi connectivity index (χ4v) is 5.24. The number of fused-ring (bicyclic) bond motifs is 2. The Kier molecular flexibility index (Phi) is 6.34. The lowest BCUT2D eigenvalue weighted by Gasteiger charge is -2.25. The molecule has 0 saturated heterocycles. The minimum atomic E-state index is -0.591. The van der Waals surface area contributed by atoms with E-state index in [-0.39, 0.29) is 28.8 Å². The Hall–Kier alpha value is -4.53. The first-order chi connectivity index (χ1) is 18.9. The summed E-state index contributed by atoms with van der Waals surface area (Å²) in [7, 11) is 1.60. The third kappa shape index (κ3) is 4.76. The molecule has 2 aliphatic rings. The molecule has 3 aromatic heterocycles. The van der Waals surface area contributed by atoms with Crippen molar-refractivity contribution in [2.75, 3.05) is 12.4 Å². The Bertz CT molecular complexity index is 1660. The molecule has 1 amide bonds. The van der Waals surface area contributed by atoms with Crippen LogP contribution in [-0.4, -0.2) is 33.3 Å². The number of methoxy groups -OCH3 is 1. The number of amides is 1. The number of nitrogens with one attached hydrogen (secondary N) is 1. The maximum atomic E-state index is 13.5. The number of hydrogen-bond donors (Lipinski definition) is 1. The van der Waals surface area contributed by atoms with E-state index in [1.54, 1.807) is 36.1 Å². The van der Waals surface area contributed by atoms with Crippen LogP contribution in [0.2, 0.25) is 0 Å². The predicted molar refractivity (Wildman–Crippen MR) is 146 cm³/mol. The zero-order chi connectivity index (χ0) is 27.1. The lowest BCUT2D eigenvalue weighted by atomic mass is 9.92. The molecular weight excluding hydrogens is 496 g/mol. The molecule has 3 heterocycles. The molecule has 198 valence electrons. The Morgan fingerprint density at radius 2 is 1.87 bits per heavy atom. The highest BCUT2D eigenvalue weighted by Crippen LogP contribution is 2.40. The zero-order valence-corrected chi connectivity index (χ0v) is 21.8. The van der Waals surface area contributed by atoms with Crippen molar-refractivity contribution in [2.45, 2.75) is 45.1 Å². The number of benzene rings is 1. The zero-order valence-electron chi connectivity index (χ0n) is 21.8. The van der Waals surface area contributed by atoms with Gasteiger partial charge in [-0.1, -0.05) is 0 Å². The van der Waals surface area contributed by atoms with E-state index in [1.807, 2.05) is 25.1 Å². The monoisotopic (exact) mass is 524 g/mol. The maximum absolute atomic E-state index is 13.5. The lowest BCUT2D eigenvalue weighted by molar-refractivity contribution is 0.0969. The summed E-state index contributed by atoms with van der Waals surface area (Å²) in [5.74, 6) is 1.78. The summed E-state index contributed by atoms with van der Waals surface area (Å²) in [6.45, 7) is 2.00. The molecule has 4 aromatic rings. The average Bonchev–Trinajstić information content (AvgIpc) is 3.79. The Morgan fingerprint density at radius 1 is 1.05 bits per heavy atom. The van der Waals surface area contributed by atoms with Gasteiger partial charge >= 0.3 is 0 Å². The number of pyridine rings is 3. The van der Waals surface area contributed by atoms with Crippen LogP contribution in [0.4, 0.5) is 5.82 Å². The highest BCUT2D eigenvalue weighted by molar-refractivity contribution is 6.06. The molecule has 0 bridgehead atoms. The fourth-order valence-electron chi connectivity index (χ4n) is 5.24. The van der Waals surface area contributed by atoms with Crippen LogP contribution in [0, 0.1) is 5.92 Å². The molecule has 9 nitrogen and oxygen atoms in total. The molecule has 1 saturated carbocycles. The summed E-state index contributed by atoms with van der Waals surface area (Å²) in [4.78, 5) is 48.1. The average molecular weight is 525 g/mol. The number of carbonyl (C=O) groups excluding carboxylic acids is 2. The third-order valence-corrected chi connectivity index (χ3v) is 7.53. The van der Waals surface area contributed by atoms with E-state index in [1.165, 1.54) is 12.3 Å². The van der Waals surface area contributed by atoms with Crippen molar-refractivity contribution in [3.8, 4) is 17.2 Å². The molecule has 2 aliphatic carbocycles. The van der Waals surface area contributed by atoms with E-state index >= 15 is 0 Å². The van der Waals surface area contributed by atoms with Crippen LogP contribution in [0.25, 0.3) is 10.9 Å². The molecular formula is C30H28N4O5. The molecule has 1 fully saturated rings. The second-order valence-corrected chi connectivity index (χ2v) is 10.1. The number of Topliss-reactive ketones (excluding diaryl/α,β-unsaturated/α-hetero) is 1. The van der Waals surface area contributed by atoms with Gasteiger partial charge in [-0.15, -0.1) is 0 Å². The molecule has 0 aliphatic heterocycles. The summed E-state index contributed by atoms with van der Waals surface area (Å²) < 4.78 is 13.0. The Labute approximate surface area is 224 Å². The van der Waals surface area contributed by atoms with Crippen molar-refractivity contribution >= 4 is 28.4 Å². The Balaban J connectivity index is 1.25. The van der Waals surface area contributed by atoms with E-state index in [9.17, 15) is 14.4 Å². The standard InChI is InChI=1S/C30H28N4O5/c1-17(18-6-7-18)34-25-4-3-5-26(35)22(25)15-23(30(34)37)29(36)33-28-11-9-20(16-32-28)39-27-12-13-31-24-10-8-19(38-2)14-21(24)27/h8-18H,3-7H2,1-2H3,(H,32,33,36)/t17-/m0/s1. The first kappa shape index (κ1) is 24.8. The van der Waals surface area contributed by atoms with Crippen LogP contribution in [-0.2, 0) is 6.42 Å². The van der Waals surface area contributed by atoms with Gasteiger partial charge in [-0.25, -0.2) is 4.98 Å². The summed E-state index contributed by atoms with van der Waals surface area (Å²) >= 11 is 0. The molecule has 1 aromatic carbocycles. The molecule has 9 heteroatoms. The SMILES string of the molecule is COc1ccc2nccc(Oc3ccc(NC(=O)c4cc5c(n([C@@H](C)C6CC6)c4=O)CCCC5=O)nc3)c2c1. The van der Waals surface area contributed by atoms with Crippen molar-refractivity contribution in [1.82, 2.24) is 14.5 Å². The van der Waals surface area contributed by atoms with Crippen LogP contribution < -0.4 is 20.3 Å². The topological polar surface area (TPSA) is 112 Å². The van der Waals surface area contributed by atoms with Crippen molar-refractivity contribution in [3.05, 3.63) is 82.0 Å². The van der Waals surface area contributed by atoms with E-state index in [2.05, 4.69) is 15.3 Å². The summed E-state index contributed by atoms with van der Waals surface area (Å²) in [6, 6.07) is 12.0. The van der Waals surface area contributed by atoms with Gasteiger partial charge in [0, 0.05) is 35.3 Å². The first-order valence-corrected chi connectivity index (χ1v) is 13.1. The smallest absolute Gasteiger partial charge is 0.263 e. The number of nitrogens with zero attached hydrogens (tertiary/aromatic N) is 3. The summed E-state index contributed by atoms with van der Waals surface area (Å²) in [5.41, 5.74) is 1.59. The number of ether oxygens (including phenoxy) is 2. The Morgan fingerprint density at radius 3 is 2.62 bits per heavy atom. The third-order valence-electron chi connectivity index (χ3n) is 7.53. The van der Waals surface area contributed by atoms with E-state index in [0.717, 1.165) is 35.9 Å². The van der Waals surface area contributed by atoms with Gasteiger partial charge < -0.3 is 19.4 Å². The minimum absolute atomic E-state index is 0.0251. The molecule has 0 spiro atoms. The number of ketones is 1. The van der Waals surface area contributed by atoms with Crippen molar-refractivity contribution in [1.29, 1.82) is 0 Å². The van der Waals surface area contributed by atoms with E-state index in [0.29, 0.717) is 41.6 Å². The van der Waals surface area contributed by atoms with Crippen molar-refractivity contribution < 1.29 is 19.1 Å². The minimum Gasteiger partial charge on any atom is -0.497 e. The second kappa shape index (κ2) is 9.98. The van der Waals surface area contributed by atoms with Gasteiger partial charge in [0.2, 0.25) is 0 Å². The number of rotatable bonds is 7. The maximum Gasteiger partial charge on any atom is 0.263 e. The quantitative estimate of drug-likeness (QED) is 0.347. The van der Waals surface area contributed by atoms with Crippen LogP contribution >= 0.6 is 0 Å². The predicted octanol–water partition coefficient (Wildman–Crippen LogP) is 5.33. The molecule has 1 N–H and O–H groups in total. The fraction of sp³-hybridized carbons (Fsp3) is 0.300. The van der Waals surface area contributed by atoms with Crippen molar-refractivity contribution in [3.63, 3.8) is 0 Å². The first-order valence-electron chi connectivity index (χ1n) is 13.1. The van der Waals surface area contributed by atoms with Crippen LogP contribution in [0.3, 0.4) is 0 Å². The van der Waals surface area contributed by atoms with Gasteiger partial charge in [-0.3, -0.25) is 19.4 Å². The van der Waals surface area contributed by atoms with Gasteiger partial charge in [0.15, 0.2) is 5.78 Å². The highest BCUT2D eigenvalue weighted by atomic mass is 16.5. The second-order valence-electron chi connectivity index (χ2n) is 10.1. The van der Waals surface area contributed by atoms with Crippen molar-refractivity contribution in [2.24, 2.45) is 5.92 Å². The van der Waals surface area contributed by atoms with E-state index < -0.39 is 5.91 Å². The molecule has 1 atom stereocenters. The van der Waals surface area contributed by atoms with Crippen LogP contribution in [0.15, 0.2) is 59.7 Å². The lowest BCUT2D eigenvalue weighted by Crippen LogP contribution is -2.36. The molecule has 6 rings (SSSR count). The molecule has 0 radical (unpaired) electrons. The van der Waals surface area contributed by atoms with Gasteiger partial charge in [-0.2, -0.15) is 0 Å².